The van der Waals surface area contributed by atoms with Gasteiger partial charge in [0.15, 0.2) is 0 Å². The van der Waals surface area contributed by atoms with E-state index in [4.69, 9.17) is 16.3 Å². The van der Waals surface area contributed by atoms with Gasteiger partial charge in [-0.1, -0.05) is 41.9 Å². The highest BCUT2D eigenvalue weighted by Gasteiger charge is 2.10. The Hall–Kier alpha value is -3.12. The van der Waals surface area contributed by atoms with Gasteiger partial charge in [0.2, 0.25) is 0 Å². The summed E-state index contributed by atoms with van der Waals surface area (Å²) in [6.07, 6.45) is 0. The van der Waals surface area contributed by atoms with Gasteiger partial charge in [0.25, 0.3) is 11.5 Å². The summed E-state index contributed by atoms with van der Waals surface area (Å²) in [7, 11) is 0. The summed E-state index contributed by atoms with van der Waals surface area (Å²) in [6, 6.07) is 19.2. The molecule has 1 N–H and O–H groups in total. The number of aromatic nitrogens is 2. The summed E-state index contributed by atoms with van der Waals surface area (Å²) in [5, 5.41) is 7.49. The Balaban J connectivity index is 1.60. The third-order valence-electron chi connectivity index (χ3n) is 3.76. The van der Waals surface area contributed by atoms with Crippen LogP contribution in [0.1, 0.15) is 16.1 Å². The first kappa shape index (κ1) is 18.7. The standard InChI is InChI=1S/C20H18ClN3O3/c21-16-6-4-5-15(13-16)14-22-20(26)18-9-10-19(25)24(23-18)11-12-27-17-7-2-1-3-8-17/h1-10,13H,11-12,14H2,(H,22,26). The molecule has 0 fully saturated rings. The number of halogens is 1. The lowest BCUT2D eigenvalue weighted by atomic mass is 10.2. The van der Waals surface area contributed by atoms with Gasteiger partial charge in [0.1, 0.15) is 18.1 Å². The molecule has 0 radical (unpaired) electrons. The molecule has 0 bridgehead atoms. The number of hydrogen-bond donors (Lipinski definition) is 1. The van der Waals surface area contributed by atoms with Gasteiger partial charge < -0.3 is 10.1 Å². The Morgan fingerprint density at radius 3 is 2.67 bits per heavy atom. The molecule has 0 spiro atoms. The van der Waals surface area contributed by atoms with Gasteiger partial charge in [-0.2, -0.15) is 5.10 Å². The van der Waals surface area contributed by atoms with E-state index < -0.39 is 0 Å². The molecular formula is C20H18ClN3O3. The summed E-state index contributed by atoms with van der Waals surface area (Å²) >= 11 is 5.93. The van der Waals surface area contributed by atoms with E-state index in [1.165, 1.54) is 16.8 Å². The lowest BCUT2D eigenvalue weighted by molar-refractivity contribution is 0.0943. The van der Waals surface area contributed by atoms with Crippen molar-refractivity contribution in [2.45, 2.75) is 13.1 Å². The maximum atomic E-state index is 12.3. The van der Waals surface area contributed by atoms with Crippen LogP contribution in [-0.2, 0) is 13.1 Å². The second-order valence-corrected chi connectivity index (χ2v) is 6.19. The first-order valence-corrected chi connectivity index (χ1v) is 8.78. The first-order valence-electron chi connectivity index (χ1n) is 8.40. The summed E-state index contributed by atoms with van der Waals surface area (Å²) in [4.78, 5) is 24.3. The molecule has 0 saturated carbocycles. The van der Waals surface area contributed by atoms with Crippen LogP contribution in [0.25, 0.3) is 0 Å². The number of nitrogens with one attached hydrogen (secondary N) is 1. The van der Waals surface area contributed by atoms with Gasteiger partial charge in [-0.05, 0) is 35.9 Å². The van der Waals surface area contributed by atoms with Crippen molar-refractivity contribution in [1.82, 2.24) is 15.1 Å². The molecule has 0 unspecified atom stereocenters. The molecule has 0 saturated heterocycles. The van der Waals surface area contributed by atoms with E-state index in [1.54, 1.807) is 12.1 Å². The topological polar surface area (TPSA) is 73.2 Å². The molecule has 138 valence electrons. The fourth-order valence-electron chi connectivity index (χ4n) is 2.42. The van der Waals surface area contributed by atoms with E-state index in [2.05, 4.69) is 10.4 Å². The predicted molar refractivity (Wildman–Crippen MR) is 103 cm³/mol. The fraction of sp³-hybridized carbons (Fsp3) is 0.150. The van der Waals surface area contributed by atoms with Gasteiger partial charge in [0, 0.05) is 17.6 Å². The predicted octanol–water partition coefficient (Wildman–Crippen LogP) is 2.91. The van der Waals surface area contributed by atoms with Crippen molar-refractivity contribution in [3.63, 3.8) is 0 Å². The van der Waals surface area contributed by atoms with Crippen molar-refractivity contribution in [2.24, 2.45) is 0 Å². The van der Waals surface area contributed by atoms with Crippen LogP contribution in [0.4, 0.5) is 0 Å². The second-order valence-electron chi connectivity index (χ2n) is 5.75. The third kappa shape index (κ3) is 5.43. The summed E-state index contributed by atoms with van der Waals surface area (Å²) < 4.78 is 6.79. The SMILES string of the molecule is O=C(NCc1cccc(Cl)c1)c1ccc(=O)n(CCOc2ccccc2)n1. The van der Waals surface area contributed by atoms with Crippen LogP contribution in [0.3, 0.4) is 0 Å². The van der Waals surface area contributed by atoms with E-state index in [9.17, 15) is 9.59 Å². The number of para-hydroxylation sites is 1. The van der Waals surface area contributed by atoms with Crippen molar-refractivity contribution in [2.75, 3.05) is 6.61 Å². The highest BCUT2D eigenvalue weighted by atomic mass is 35.5. The van der Waals surface area contributed by atoms with Gasteiger partial charge >= 0.3 is 0 Å². The number of carbonyl (C=O) groups excluding carboxylic acids is 1. The van der Waals surface area contributed by atoms with Crippen LogP contribution in [-0.4, -0.2) is 22.3 Å². The molecule has 27 heavy (non-hydrogen) atoms. The molecule has 2 aromatic carbocycles. The Morgan fingerprint density at radius 2 is 1.89 bits per heavy atom. The maximum absolute atomic E-state index is 12.3. The normalized spacial score (nSPS) is 10.4. The average molecular weight is 384 g/mol. The highest BCUT2D eigenvalue weighted by Crippen LogP contribution is 2.10. The molecule has 7 heteroatoms. The molecule has 3 aromatic rings. The molecular weight excluding hydrogens is 366 g/mol. The summed E-state index contributed by atoms with van der Waals surface area (Å²) in [5.74, 6) is 0.341. The Bertz CT molecular complexity index is 973. The minimum Gasteiger partial charge on any atom is -0.492 e. The van der Waals surface area contributed by atoms with Crippen LogP contribution in [0.15, 0.2) is 71.5 Å². The third-order valence-corrected chi connectivity index (χ3v) is 3.99. The number of nitrogens with zero attached hydrogens (tertiary/aromatic N) is 2. The Kier molecular flexibility index (Phi) is 6.22. The van der Waals surface area contributed by atoms with Gasteiger partial charge in [0.05, 0.1) is 6.54 Å². The van der Waals surface area contributed by atoms with Crippen LogP contribution >= 0.6 is 11.6 Å². The molecule has 0 atom stereocenters. The van der Waals surface area contributed by atoms with Gasteiger partial charge in [-0.25, -0.2) is 4.68 Å². The molecule has 0 aliphatic heterocycles. The van der Waals surface area contributed by atoms with E-state index in [1.807, 2.05) is 42.5 Å². The zero-order valence-electron chi connectivity index (χ0n) is 14.5. The van der Waals surface area contributed by atoms with E-state index >= 15 is 0 Å². The lowest BCUT2D eigenvalue weighted by Crippen LogP contribution is -2.30. The van der Waals surface area contributed by atoms with Gasteiger partial charge in [-0.3, -0.25) is 9.59 Å². The van der Waals surface area contributed by atoms with Crippen molar-refractivity contribution in [3.05, 3.63) is 93.4 Å². The lowest BCUT2D eigenvalue weighted by Gasteiger charge is -2.09. The van der Waals surface area contributed by atoms with Crippen LogP contribution in [0.5, 0.6) is 5.75 Å². The number of ether oxygens (including phenoxy) is 1. The molecule has 1 heterocycles. The number of carbonyl (C=O) groups is 1. The first-order chi connectivity index (χ1) is 13.1. The Labute approximate surface area is 161 Å². The number of hydrogen-bond acceptors (Lipinski definition) is 4. The minimum absolute atomic E-state index is 0.163. The van der Waals surface area contributed by atoms with Crippen molar-refractivity contribution < 1.29 is 9.53 Å². The summed E-state index contributed by atoms with van der Waals surface area (Å²) in [6.45, 7) is 0.824. The van der Waals surface area contributed by atoms with Crippen LogP contribution in [0.2, 0.25) is 5.02 Å². The number of benzene rings is 2. The summed E-state index contributed by atoms with van der Waals surface area (Å²) in [5.41, 5.74) is 0.745. The molecule has 6 nitrogen and oxygen atoms in total. The van der Waals surface area contributed by atoms with Crippen LogP contribution < -0.4 is 15.6 Å². The minimum atomic E-state index is -0.368. The van der Waals surface area contributed by atoms with Crippen molar-refractivity contribution >= 4 is 17.5 Å². The van der Waals surface area contributed by atoms with Crippen molar-refractivity contribution in [3.8, 4) is 5.75 Å². The monoisotopic (exact) mass is 383 g/mol. The zero-order chi connectivity index (χ0) is 19.1. The second kappa shape index (κ2) is 9.00. The average Bonchev–Trinajstić information content (AvgIpc) is 2.68. The molecule has 1 aromatic heterocycles. The largest absolute Gasteiger partial charge is 0.492 e. The smallest absolute Gasteiger partial charge is 0.271 e. The Morgan fingerprint density at radius 1 is 1.07 bits per heavy atom. The zero-order valence-corrected chi connectivity index (χ0v) is 15.2. The van der Waals surface area contributed by atoms with E-state index in [0.717, 1.165) is 5.56 Å². The number of amides is 1. The maximum Gasteiger partial charge on any atom is 0.271 e. The molecule has 1 amide bonds. The van der Waals surface area contributed by atoms with Crippen LogP contribution in [0, 0.1) is 0 Å². The van der Waals surface area contributed by atoms with E-state index in [-0.39, 0.29) is 30.3 Å². The quantitative estimate of drug-likeness (QED) is 0.680. The molecule has 3 rings (SSSR count). The highest BCUT2D eigenvalue weighted by molar-refractivity contribution is 6.30. The van der Waals surface area contributed by atoms with Crippen molar-refractivity contribution in [1.29, 1.82) is 0 Å². The molecule has 0 aliphatic carbocycles. The van der Waals surface area contributed by atoms with Gasteiger partial charge in [-0.15, -0.1) is 0 Å². The van der Waals surface area contributed by atoms with E-state index in [0.29, 0.717) is 17.3 Å². The molecule has 0 aliphatic rings. The fourth-order valence-corrected chi connectivity index (χ4v) is 2.63. The number of rotatable bonds is 7.